The molecule has 1 aliphatic carbocycles. The molecule has 0 radical (unpaired) electrons. The van der Waals surface area contributed by atoms with E-state index in [-0.39, 0.29) is 34.5 Å². The number of carbonyl (C=O) groups is 1. The second kappa shape index (κ2) is 6.47. The van der Waals surface area contributed by atoms with Gasteiger partial charge in [0.05, 0.1) is 17.9 Å². The van der Waals surface area contributed by atoms with Crippen LogP contribution in [0.25, 0.3) is 0 Å². The summed E-state index contributed by atoms with van der Waals surface area (Å²) in [6, 6.07) is 0.157. The number of carbonyl (C=O) groups excluding carboxylic acids is 1. The van der Waals surface area contributed by atoms with E-state index in [0.717, 1.165) is 25.7 Å². The van der Waals surface area contributed by atoms with Gasteiger partial charge in [0, 0.05) is 12.0 Å². The zero-order valence-corrected chi connectivity index (χ0v) is 13.1. The Hall–Kier alpha value is -1.56. The Kier molecular flexibility index (Phi) is 4.88. The van der Waals surface area contributed by atoms with Gasteiger partial charge < -0.3 is 11.1 Å². The summed E-state index contributed by atoms with van der Waals surface area (Å²) in [4.78, 5) is 23.2. The van der Waals surface area contributed by atoms with Gasteiger partial charge in [-0.25, -0.2) is 4.68 Å². The van der Waals surface area contributed by atoms with E-state index in [2.05, 4.69) is 10.4 Å². The molecule has 1 heterocycles. The van der Waals surface area contributed by atoms with Crippen LogP contribution in [0.15, 0.2) is 11.0 Å². The van der Waals surface area contributed by atoms with Crippen molar-refractivity contribution in [2.45, 2.75) is 51.6 Å². The van der Waals surface area contributed by atoms with Crippen molar-refractivity contribution in [1.29, 1.82) is 0 Å². The number of rotatable bonds is 4. The second-order valence-electron chi connectivity index (χ2n) is 5.81. The van der Waals surface area contributed by atoms with E-state index in [4.69, 9.17) is 17.3 Å². The lowest BCUT2D eigenvalue weighted by atomic mass is 9.85. The molecule has 1 aliphatic rings. The van der Waals surface area contributed by atoms with Crippen molar-refractivity contribution in [1.82, 2.24) is 9.78 Å². The number of nitrogens with two attached hydrogens (primary N) is 1. The maximum Gasteiger partial charge on any atom is 0.287 e. The molecule has 21 heavy (non-hydrogen) atoms. The SMILES string of the molecule is CC(C)n1ncc(NC2CCC(C(N)=O)CC2)c(Cl)c1=O. The van der Waals surface area contributed by atoms with Crippen molar-refractivity contribution in [2.24, 2.45) is 11.7 Å². The van der Waals surface area contributed by atoms with Gasteiger partial charge in [0.1, 0.15) is 5.02 Å². The molecule has 3 N–H and O–H groups in total. The minimum atomic E-state index is -0.289. The van der Waals surface area contributed by atoms with Crippen LogP contribution in [0, 0.1) is 5.92 Å². The summed E-state index contributed by atoms with van der Waals surface area (Å²) in [5, 5.41) is 7.55. The number of halogens is 1. The Morgan fingerprint density at radius 2 is 2.05 bits per heavy atom. The summed E-state index contributed by atoms with van der Waals surface area (Å²) in [7, 11) is 0. The van der Waals surface area contributed by atoms with Crippen LogP contribution in [0.4, 0.5) is 5.69 Å². The van der Waals surface area contributed by atoms with E-state index in [0.29, 0.717) is 5.69 Å². The van der Waals surface area contributed by atoms with Gasteiger partial charge in [-0.05, 0) is 39.5 Å². The van der Waals surface area contributed by atoms with E-state index in [1.165, 1.54) is 4.68 Å². The number of hydrogen-bond acceptors (Lipinski definition) is 4. The maximum absolute atomic E-state index is 12.1. The highest BCUT2D eigenvalue weighted by Gasteiger charge is 2.25. The van der Waals surface area contributed by atoms with Gasteiger partial charge in [-0.15, -0.1) is 0 Å². The molecule has 1 saturated carbocycles. The topological polar surface area (TPSA) is 90.0 Å². The fourth-order valence-corrected chi connectivity index (χ4v) is 2.85. The number of aromatic nitrogens is 2. The minimum absolute atomic E-state index is 0.0324. The summed E-state index contributed by atoms with van der Waals surface area (Å²) in [5.41, 5.74) is 5.59. The van der Waals surface area contributed by atoms with Crippen LogP contribution in [-0.4, -0.2) is 21.7 Å². The lowest BCUT2D eigenvalue weighted by molar-refractivity contribution is -0.122. The Morgan fingerprint density at radius 3 is 2.57 bits per heavy atom. The van der Waals surface area contributed by atoms with E-state index in [1.54, 1.807) is 6.20 Å². The summed E-state index contributed by atoms with van der Waals surface area (Å²) in [6.45, 7) is 3.76. The van der Waals surface area contributed by atoms with Crippen LogP contribution in [-0.2, 0) is 4.79 Å². The average Bonchev–Trinajstić information content (AvgIpc) is 2.44. The van der Waals surface area contributed by atoms with E-state index in [9.17, 15) is 9.59 Å². The predicted molar refractivity (Wildman–Crippen MR) is 82.5 cm³/mol. The normalized spacial score (nSPS) is 22.3. The van der Waals surface area contributed by atoms with Crippen molar-refractivity contribution in [2.75, 3.05) is 5.32 Å². The first-order valence-corrected chi connectivity index (χ1v) is 7.61. The number of nitrogens with one attached hydrogen (secondary N) is 1. The first-order chi connectivity index (χ1) is 9.90. The highest BCUT2D eigenvalue weighted by atomic mass is 35.5. The summed E-state index contributed by atoms with van der Waals surface area (Å²) in [5.74, 6) is -0.265. The first-order valence-electron chi connectivity index (χ1n) is 7.23. The third kappa shape index (κ3) is 3.56. The van der Waals surface area contributed by atoms with E-state index in [1.807, 2.05) is 13.8 Å². The van der Waals surface area contributed by atoms with Gasteiger partial charge in [0.2, 0.25) is 5.91 Å². The van der Waals surface area contributed by atoms with Gasteiger partial charge in [0.25, 0.3) is 5.56 Å². The molecule has 1 amide bonds. The molecule has 0 unspecified atom stereocenters. The first kappa shape index (κ1) is 15.8. The van der Waals surface area contributed by atoms with Gasteiger partial charge in [0.15, 0.2) is 0 Å². The molecule has 0 spiro atoms. The van der Waals surface area contributed by atoms with Crippen molar-refractivity contribution in [3.63, 3.8) is 0 Å². The Bertz CT molecular complexity index is 577. The van der Waals surface area contributed by atoms with Crippen LogP contribution in [0.5, 0.6) is 0 Å². The minimum Gasteiger partial charge on any atom is -0.380 e. The fraction of sp³-hybridized carbons (Fsp3) is 0.643. The maximum atomic E-state index is 12.1. The number of hydrogen-bond donors (Lipinski definition) is 2. The quantitative estimate of drug-likeness (QED) is 0.889. The molecule has 1 aromatic heterocycles. The molecular formula is C14H21ClN4O2. The molecular weight excluding hydrogens is 292 g/mol. The zero-order chi connectivity index (χ0) is 15.6. The average molecular weight is 313 g/mol. The largest absolute Gasteiger partial charge is 0.380 e. The standard InChI is InChI=1S/C14H21ClN4O2/c1-8(2)19-14(21)12(15)11(7-17-19)18-10-5-3-9(4-6-10)13(16)20/h7-10,18H,3-6H2,1-2H3,(H2,16,20). The molecule has 7 heteroatoms. The van der Waals surface area contributed by atoms with E-state index >= 15 is 0 Å². The monoisotopic (exact) mass is 312 g/mol. The number of amides is 1. The smallest absolute Gasteiger partial charge is 0.287 e. The molecule has 0 bridgehead atoms. The van der Waals surface area contributed by atoms with Crippen molar-refractivity contribution in [3.8, 4) is 0 Å². The molecule has 6 nitrogen and oxygen atoms in total. The van der Waals surface area contributed by atoms with Gasteiger partial charge in [-0.3, -0.25) is 9.59 Å². The van der Waals surface area contributed by atoms with Crippen LogP contribution in [0.2, 0.25) is 5.02 Å². The van der Waals surface area contributed by atoms with Crippen molar-refractivity contribution >= 4 is 23.2 Å². The molecule has 1 aromatic rings. The summed E-state index contributed by atoms with van der Waals surface area (Å²) in [6.07, 6.45) is 4.78. The molecule has 1 fully saturated rings. The lowest BCUT2D eigenvalue weighted by Gasteiger charge is -2.28. The number of anilines is 1. The molecule has 0 aliphatic heterocycles. The van der Waals surface area contributed by atoms with Gasteiger partial charge in [-0.2, -0.15) is 5.10 Å². The van der Waals surface area contributed by atoms with Crippen LogP contribution in [0.3, 0.4) is 0 Å². The van der Waals surface area contributed by atoms with Crippen LogP contribution >= 0.6 is 11.6 Å². The number of primary amides is 1. The lowest BCUT2D eigenvalue weighted by Crippen LogP contribution is -2.33. The molecule has 0 aromatic carbocycles. The summed E-state index contributed by atoms with van der Waals surface area (Å²) < 4.78 is 1.36. The number of nitrogens with zero attached hydrogens (tertiary/aromatic N) is 2. The highest BCUT2D eigenvalue weighted by molar-refractivity contribution is 6.32. The Labute approximate surface area is 128 Å². The van der Waals surface area contributed by atoms with Crippen LogP contribution < -0.4 is 16.6 Å². The summed E-state index contributed by atoms with van der Waals surface area (Å²) >= 11 is 6.13. The molecule has 2 rings (SSSR count). The zero-order valence-electron chi connectivity index (χ0n) is 12.3. The third-order valence-electron chi connectivity index (χ3n) is 3.92. The second-order valence-corrected chi connectivity index (χ2v) is 6.19. The third-order valence-corrected chi connectivity index (χ3v) is 4.29. The van der Waals surface area contributed by atoms with Gasteiger partial charge >= 0.3 is 0 Å². The van der Waals surface area contributed by atoms with Crippen molar-refractivity contribution in [3.05, 3.63) is 21.6 Å². The Balaban J connectivity index is 2.06. The predicted octanol–water partition coefficient (Wildman–Crippen LogP) is 1.93. The molecule has 0 saturated heterocycles. The van der Waals surface area contributed by atoms with Crippen LogP contribution in [0.1, 0.15) is 45.6 Å². The fourth-order valence-electron chi connectivity index (χ4n) is 2.66. The highest BCUT2D eigenvalue weighted by Crippen LogP contribution is 2.27. The Morgan fingerprint density at radius 1 is 1.43 bits per heavy atom. The van der Waals surface area contributed by atoms with Crippen molar-refractivity contribution < 1.29 is 4.79 Å². The van der Waals surface area contributed by atoms with Gasteiger partial charge in [-0.1, -0.05) is 11.6 Å². The molecule has 0 atom stereocenters. The van der Waals surface area contributed by atoms with E-state index < -0.39 is 0 Å². The molecule has 116 valence electrons.